The minimum Gasteiger partial charge on any atom is -0.385 e. The van der Waals surface area contributed by atoms with Crippen molar-refractivity contribution in [1.29, 1.82) is 0 Å². The van der Waals surface area contributed by atoms with Crippen LogP contribution in [0.3, 0.4) is 0 Å². The van der Waals surface area contributed by atoms with Gasteiger partial charge in [-0.1, -0.05) is 38.3 Å². The van der Waals surface area contributed by atoms with Gasteiger partial charge in [-0.2, -0.15) is 0 Å². The van der Waals surface area contributed by atoms with Crippen LogP contribution in [-0.2, 0) is 16.3 Å². The summed E-state index contributed by atoms with van der Waals surface area (Å²) in [5, 5.41) is 4.22. The molecule has 34 heavy (non-hydrogen) atoms. The van der Waals surface area contributed by atoms with Gasteiger partial charge in [0.1, 0.15) is 0 Å². The lowest BCUT2D eigenvalue weighted by Crippen LogP contribution is -2.13. The molecule has 4 rings (SSSR count). The number of pyridine rings is 1. The summed E-state index contributed by atoms with van der Waals surface area (Å²) in [6.45, 7) is 5.52. The third kappa shape index (κ3) is 6.34. The van der Waals surface area contributed by atoms with Crippen molar-refractivity contribution in [3.63, 3.8) is 0 Å². The first-order valence-corrected chi connectivity index (χ1v) is 15.2. The van der Waals surface area contributed by atoms with Gasteiger partial charge in [0.15, 0.2) is 9.84 Å². The molecule has 5 unspecified atom stereocenters. The van der Waals surface area contributed by atoms with E-state index in [0.717, 1.165) is 47.3 Å². The highest BCUT2D eigenvalue weighted by atomic mass is 35.5. The quantitative estimate of drug-likeness (QED) is 0.370. The Hall–Kier alpha value is -1.59. The second kappa shape index (κ2) is 11.0. The first-order valence-electron chi connectivity index (χ1n) is 12.9. The zero-order chi connectivity index (χ0) is 24.3. The molecule has 0 spiro atoms. The highest BCUT2D eigenvalue weighted by molar-refractivity contribution is 7.90. The third-order valence-electron chi connectivity index (χ3n) is 8.25. The van der Waals surface area contributed by atoms with E-state index >= 15 is 0 Å². The number of nitrogens with one attached hydrogen (secondary N) is 1. The smallest absolute Gasteiger partial charge is 0.175 e. The molecular weight excluding hydrogens is 464 g/mol. The molecule has 4 nitrogen and oxygen atoms in total. The molecule has 6 heteroatoms. The Morgan fingerprint density at radius 3 is 2.62 bits per heavy atom. The van der Waals surface area contributed by atoms with Crippen molar-refractivity contribution in [2.45, 2.75) is 76.0 Å². The van der Waals surface area contributed by atoms with E-state index in [-0.39, 0.29) is 0 Å². The molecule has 1 aromatic heterocycles. The summed E-state index contributed by atoms with van der Waals surface area (Å²) in [4.78, 5) is 5.11. The highest BCUT2D eigenvalue weighted by Crippen LogP contribution is 2.51. The van der Waals surface area contributed by atoms with Gasteiger partial charge < -0.3 is 5.32 Å². The number of aryl methyl sites for hydroxylation is 1. The number of sulfone groups is 1. The second-order valence-electron chi connectivity index (χ2n) is 10.5. The summed E-state index contributed by atoms with van der Waals surface area (Å²) < 4.78 is 23.2. The molecule has 1 N–H and O–H groups in total. The van der Waals surface area contributed by atoms with Crippen molar-refractivity contribution < 1.29 is 8.42 Å². The van der Waals surface area contributed by atoms with E-state index in [1.165, 1.54) is 62.5 Å². The van der Waals surface area contributed by atoms with E-state index in [0.29, 0.717) is 10.8 Å². The Labute approximate surface area is 210 Å². The van der Waals surface area contributed by atoms with Crippen molar-refractivity contribution in [2.24, 2.45) is 23.7 Å². The van der Waals surface area contributed by atoms with Gasteiger partial charge in [-0.05, 0) is 98.1 Å². The molecule has 0 saturated heterocycles. The normalized spacial score (nSPS) is 26.0. The minimum atomic E-state index is -3.13. The van der Waals surface area contributed by atoms with Gasteiger partial charge in [0.05, 0.1) is 9.92 Å². The zero-order valence-corrected chi connectivity index (χ0v) is 22.3. The topological polar surface area (TPSA) is 59.1 Å². The molecule has 2 fully saturated rings. The van der Waals surface area contributed by atoms with E-state index in [1.54, 1.807) is 12.1 Å². The van der Waals surface area contributed by atoms with Crippen LogP contribution in [0.5, 0.6) is 0 Å². The van der Waals surface area contributed by atoms with Crippen LogP contribution in [0.1, 0.15) is 76.0 Å². The molecule has 2 aliphatic carbocycles. The molecular formula is C28H39ClN2O2S. The van der Waals surface area contributed by atoms with Crippen LogP contribution in [0.2, 0.25) is 5.02 Å². The molecule has 186 valence electrons. The number of benzene rings is 1. The number of hydrogen-bond acceptors (Lipinski definition) is 4. The molecule has 1 aromatic carbocycles. The van der Waals surface area contributed by atoms with Crippen LogP contribution in [0.25, 0.3) is 0 Å². The third-order valence-corrected chi connectivity index (χ3v) is 9.59. The lowest BCUT2D eigenvalue weighted by Gasteiger charge is -2.24. The van der Waals surface area contributed by atoms with Crippen molar-refractivity contribution in [1.82, 2.24) is 4.98 Å². The van der Waals surface area contributed by atoms with Crippen LogP contribution in [0.15, 0.2) is 41.4 Å². The van der Waals surface area contributed by atoms with Crippen molar-refractivity contribution in [3.8, 4) is 0 Å². The Balaban J connectivity index is 1.23. The minimum absolute atomic E-state index is 0.374. The molecule has 0 radical (unpaired) electrons. The molecule has 0 aliphatic heterocycles. The van der Waals surface area contributed by atoms with Gasteiger partial charge in [0.2, 0.25) is 0 Å². The number of hydrogen-bond donors (Lipinski definition) is 1. The van der Waals surface area contributed by atoms with Crippen LogP contribution in [0, 0.1) is 23.7 Å². The predicted octanol–water partition coefficient (Wildman–Crippen LogP) is 7.14. The monoisotopic (exact) mass is 502 g/mol. The Kier molecular flexibility index (Phi) is 8.24. The van der Waals surface area contributed by atoms with Crippen molar-refractivity contribution in [2.75, 3.05) is 18.1 Å². The summed E-state index contributed by atoms with van der Waals surface area (Å²) in [6.07, 6.45) is 13.3. The maximum Gasteiger partial charge on any atom is 0.175 e. The van der Waals surface area contributed by atoms with Gasteiger partial charge in [-0.25, -0.2) is 8.42 Å². The fraction of sp³-hybridized carbons (Fsp3) is 0.607. The molecule has 1 heterocycles. The molecule has 5 atom stereocenters. The van der Waals surface area contributed by atoms with Gasteiger partial charge in [-0.3, -0.25) is 4.98 Å². The van der Waals surface area contributed by atoms with Crippen LogP contribution in [-0.4, -0.2) is 26.2 Å². The van der Waals surface area contributed by atoms with Gasteiger partial charge in [0, 0.05) is 36.3 Å². The molecule has 0 bridgehead atoms. The number of aromatic nitrogens is 1. The fourth-order valence-electron chi connectivity index (χ4n) is 6.10. The molecule has 2 aliphatic rings. The lowest BCUT2D eigenvalue weighted by atomic mass is 9.82. The number of nitrogens with zero attached hydrogens (tertiary/aromatic N) is 1. The Bertz CT molecular complexity index is 1070. The van der Waals surface area contributed by atoms with E-state index < -0.39 is 9.84 Å². The average molecular weight is 503 g/mol. The SMILES string of the molecule is CCc1cc(Cl)cnc1C(C)C1CCCC(C2CC2CCNc2ccc(S(C)(=O)=O)cc2)CC1. The van der Waals surface area contributed by atoms with E-state index in [4.69, 9.17) is 16.6 Å². The van der Waals surface area contributed by atoms with Crippen LogP contribution < -0.4 is 5.32 Å². The van der Waals surface area contributed by atoms with Crippen LogP contribution >= 0.6 is 11.6 Å². The number of halogens is 1. The Morgan fingerprint density at radius 2 is 1.91 bits per heavy atom. The summed E-state index contributed by atoms with van der Waals surface area (Å²) >= 11 is 6.19. The summed E-state index contributed by atoms with van der Waals surface area (Å²) in [5.41, 5.74) is 3.56. The maximum absolute atomic E-state index is 11.6. The van der Waals surface area contributed by atoms with Crippen LogP contribution in [0.4, 0.5) is 5.69 Å². The van der Waals surface area contributed by atoms with Gasteiger partial charge >= 0.3 is 0 Å². The number of anilines is 1. The largest absolute Gasteiger partial charge is 0.385 e. The standard InChI is InChI=1S/C28H39ClN2O2S/c1-4-20-16-24(29)18-31-28(20)19(2)21-6-5-7-22(9-8-21)27-17-23(27)14-15-30-25-10-12-26(13-11-25)34(3,32)33/h10-13,16,18-19,21-23,27,30H,4-9,14-15,17H2,1-3H3. The van der Waals surface area contributed by atoms with E-state index in [2.05, 4.69) is 25.2 Å². The highest BCUT2D eigenvalue weighted by Gasteiger charge is 2.42. The van der Waals surface area contributed by atoms with Gasteiger partial charge in [0.25, 0.3) is 0 Å². The fourth-order valence-corrected chi connectivity index (χ4v) is 6.91. The van der Waals surface area contributed by atoms with Crippen molar-refractivity contribution >= 4 is 27.1 Å². The number of rotatable bonds is 9. The van der Waals surface area contributed by atoms with Gasteiger partial charge in [-0.15, -0.1) is 0 Å². The lowest BCUT2D eigenvalue weighted by molar-refractivity contribution is 0.354. The maximum atomic E-state index is 11.6. The first kappa shape index (κ1) is 25.5. The summed E-state index contributed by atoms with van der Waals surface area (Å²) in [6, 6.07) is 9.20. The predicted molar refractivity (Wildman–Crippen MR) is 141 cm³/mol. The van der Waals surface area contributed by atoms with Crippen molar-refractivity contribution in [3.05, 3.63) is 52.8 Å². The summed E-state index contributed by atoms with van der Waals surface area (Å²) in [5.74, 6) is 3.83. The van der Waals surface area contributed by atoms with E-state index in [1.807, 2.05) is 18.3 Å². The van der Waals surface area contributed by atoms with E-state index in [9.17, 15) is 8.42 Å². The molecule has 2 saturated carbocycles. The zero-order valence-electron chi connectivity index (χ0n) is 20.8. The molecule has 0 amide bonds. The average Bonchev–Trinajstić information content (AvgIpc) is 3.61. The molecule has 2 aromatic rings. The Morgan fingerprint density at radius 1 is 1.15 bits per heavy atom. The second-order valence-corrected chi connectivity index (χ2v) is 13.0. The summed E-state index contributed by atoms with van der Waals surface area (Å²) in [7, 11) is -3.13. The first-order chi connectivity index (χ1) is 16.3.